The van der Waals surface area contributed by atoms with E-state index in [0.29, 0.717) is 19.5 Å². The SMILES string of the molecule is COc1ccccc1C1=CCN(CC(O)CCN)CC1. The predicted octanol–water partition coefficient (Wildman–Crippen LogP) is 1.49. The first kappa shape index (κ1) is 15.0. The molecule has 2 rings (SSSR count). The van der Waals surface area contributed by atoms with E-state index in [1.165, 1.54) is 11.1 Å². The summed E-state index contributed by atoms with van der Waals surface area (Å²) in [5, 5.41) is 9.80. The number of hydrogen-bond acceptors (Lipinski definition) is 4. The van der Waals surface area contributed by atoms with Crippen LogP contribution in [0.3, 0.4) is 0 Å². The summed E-state index contributed by atoms with van der Waals surface area (Å²) in [6.07, 6.45) is 3.56. The van der Waals surface area contributed by atoms with Crippen molar-refractivity contribution in [1.29, 1.82) is 0 Å². The van der Waals surface area contributed by atoms with Gasteiger partial charge < -0.3 is 15.6 Å². The van der Waals surface area contributed by atoms with E-state index in [-0.39, 0.29) is 6.10 Å². The number of nitrogens with two attached hydrogens (primary N) is 1. The molecule has 0 fully saturated rings. The topological polar surface area (TPSA) is 58.7 Å². The van der Waals surface area contributed by atoms with Gasteiger partial charge in [0.15, 0.2) is 0 Å². The van der Waals surface area contributed by atoms with Crippen LogP contribution >= 0.6 is 0 Å². The number of benzene rings is 1. The number of rotatable bonds is 6. The Balaban J connectivity index is 1.98. The van der Waals surface area contributed by atoms with Crippen molar-refractivity contribution in [2.45, 2.75) is 18.9 Å². The smallest absolute Gasteiger partial charge is 0.126 e. The monoisotopic (exact) mass is 276 g/mol. The van der Waals surface area contributed by atoms with Gasteiger partial charge in [0.05, 0.1) is 13.2 Å². The lowest BCUT2D eigenvalue weighted by Gasteiger charge is -2.28. The minimum absolute atomic E-state index is 0.318. The van der Waals surface area contributed by atoms with E-state index in [9.17, 15) is 5.11 Å². The zero-order valence-electron chi connectivity index (χ0n) is 12.1. The lowest BCUT2D eigenvalue weighted by atomic mass is 9.98. The summed E-state index contributed by atoms with van der Waals surface area (Å²) < 4.78 is 5.41. The van der Waals surface area contributed by atoms with Gasteiger partial charge >= 0.3 is 0 Å². The quantitative estimate of drug-likeness (QED) is 0.826. The summed E-state index contributed by atoms with van der Waals surface area (Å²) in [5.41, 5.74) is 7.96. The molecule has 0 spiro atoms. The molecule has 0 saturated heterocycles. The van der Waals surface area contributed by atoms with Crippen molar-refractivity contribution < 1.29 is 9.84 Å². The van der Waals surface area contributed by atoms with Crippen LogP contribution in [0, 0.1) is 0 Å². The Morgan fingerprint density at radius 3 is 2.85 bits per heavy atom. The Labute approximate surface area is 120 Å². The highest BCUT2D eigenvalue weighted by Crippen LogP contribution is 2.29. The van der Waals surface area contributed by atoms with Crippen molar-refractivity contribution in [3.05, 3.63) is 35.9 Å². The van der Waals surface area contributed by atoms with Crippen LogP contribution in [-0.2, 0) is 0 Å². The number of β-amino-alcohol motifs (C(OH)–C–C–N with tert-alkyl or cyclic N) is 1. The predicted molar refractivity (Wildman–Crippen MR) is 81.7 cm³/mol. The molecule has 0 radical (unpaired) electrons. The minimum Gasteiger partial charge on any atom is -0.496 e. The number of para-hydroxylation sites is 1. The summed E-state index contributed by atoms with van der Waals surface area (Å²) in [7, 11) is 1.71. The average Bonchev–Trinajstić information content (AvgIpc) is 2.48. The first-order chi connectivity index (χ1) is 9.74. The van der Waals surface area contributed by atoms with E-state index < -0.39 is 0 Å². The van der Waals surface area contributed by atoms with Crippen molar-refractivity contribution in [3.63, 3.8) is 0 Å². The zero-order chi connectivity index (χ0) is 14.4. The second-order valence-corrected chi connectivity index (χ2v) is 5.17. The van der Waals surface area contributed by atoms with Crippen molar-refractivity contribution in [2.75, 3.05) is 33.3 Å². The van der Waals surface area contributed by atoms with E-state index in [4.69, 9.17) is 10.5 Å². The Bertz CT molecular complexity index is 460. The number of hydrogen-bond donors (Lipinski definition) is 2. The molecule has 20 heavy (non-hydrogen) atoms. The van der Waals surface area contributed by atoms with Gasteiger partial charge in [-0.05, 0) is 31.0 Å². The normalized spacial score (nSPS) is 17.6. The lowest BCUT2D eigenvalue weighted by molar-refractivity contribution is 0.113. The maximum atomic E-state index is 9.80. The molecular weight excluding hydrogens is 252 g/mol. The molecule has 0 bridgehead atoms. The number of aliphatic hydroxyl groups is 1. The molecule has 4 nitrogen and oxygen atoms in total. The van der Waals surface area contributed by atoms with Crippen LogP contribution in [0.1, 0.15) is 18.4 Å². The Morgan fingerprint density at radius 1 is 1.40 bits per heavy atom. The Kier molecular flexibility index (Phi) is 5.59. The van der Waals surface area contributed by atoms with Gasteiger partial charge in [-0.25, -0.2) is 0 Å². The summed E-state index contributed by atoms with van der Waals surface area (Å²) in [6, 6.07) is 8.12. The zero-order valence-corrected chi connectivity index (χ0v) is 12.1. The highest BCUT2D eigenvalue weighted by atomic mass is 16.5. The van der Waals surface area contributed by atoms with E-state index in [1.807, 2.05) is 18.2 Å². The summed E-state index contributed by atoms with van der Waals surface area (Å²) >= 11 is 0. The van der Waals surface area contributed by atoms with Gasteiger partial charge in [-0.3, -0.25) is 4.90 Å². The molecule has 0 saturated carbocycles. The fraction of sp³-hybridized carbons (Fsp3) is 0.500. The van der Waals surface area contributed by atoms with E-state index >= 15 is 0 Å². The molecule has 4 heteroatoms. The van der Waals surface area contributed by atoms with Crippen molar-refractivity contribution in [2.24, 2.45) is 5.73 Å². The van der Waals surface area contributed by atoms with Gasteiger partial charge in [-0.15, -0.1) is 0 Å². The van der Waals surface area contributed by atoms with E-state index in [0.717, 1.165) is 25.3 Å². The third kappa shape index (κ3) is 3.82. The number of methoxy groups -OCH3 is 1. The second-order valence-electron chi connectivity index (χ2n) is 5.17. The molecule has 1 aromatic rings. The maximum Gasteiger partial charge on any atom is 0.126 e. The largest absolute Gasteiger partial charge is 0.496 e. The van der Waals surface area contributed by atoms with Crippen LogP contribution in [0.2, 0.25) is 0 Å². The number of ether oxygens (including phenoxy) is 1. The van der Waals surface area contributed by atoms with Gasteiger partial charge in [-0.1, -0.05) is 24.3 Å². The summed E-state index contributed by atoms with van der Waals surface area (Å²) in [6.45, 7) is 3.07. The molecule has 1 aliphatic heterocycles. The molecule has 0 amide bonds. The van der Waals surface area contributed by atoms with Gasteiger partial charge in [0.25, 0.3) is 0 Å². The molecule has 1 unspecified atom stereocenters. The van der Waals surface area contributed by atoms with Crippen LogP contribution in [-0.4, -0.2) is 49.4 Å². The van der Waals surface area contributed by atoms with Gasteiger partial charge in [0.2, 0.25) is 0 Å². The minimum atomic E-state index is -0.318. The van der Waals surface area contributed by atoms with Crippen LogP contribution in [0.15, 0.2) is 30.3 Å². The lowest BCUT2D eigenvalue weighted by Crippen LogP contribution is -2.36. The average molecular weight is 276 g/mol. The summed E-state index contributed by atoms with van der Waals surface area (Å²) in [4.78, 5) is 2.26. The molecule has 110 valence electrons. The molecule has 1 heterocycles. The van der Waals surface area contributed by atoms with E-state index in [1.54, 1.807) is 7.11 Å². The van der Waals surface area contributed by atoms with E-state index in [2.05, 4.69) is 17.0 Å². The number of nitrogens with zero attached hydrogens (tertiary/aromatic N) is 1. The number of aliphatic hydroxyl groups excluding tert-OH is 1. The van der Waals surface area contributed by atoms with Crippen molar-refractivity contribution >= 4 is 5.57 Å². The summed E-state index contributed by atoms with van der Waals surface area (Å²) in [5.74, 6) is 0.926. The molecule has 1 aromatic carbocycles. The van der Waals surface area contributed by atoms with Crippen molar-refractivity contribution in [3.8, 4) is 5.75 Å². The molecule has 3 N–H and O–H groups in total. The second kappa shape index (κ2) is 7.43. The molecule has 0 aromatic heterocycles. The molecule has 0 aliphatic carbocycles. The maximum absolute atomic E-state index is 9.80. The molecular formula is C16H24N2O2. The van der Waals surface area contributed by atoms with Gasteiger partial charge in [-0.2, -0.15) is 0 Å². The third-order valence-electron chi connectivity index (χ3n) is 3.72. The van der Waals surface area contributed by atoms with Crippen LogP contribution in [0.5, 0.6) is 5.75 Å². The first-order valence-electron chi connectivity index (χ1n) is 7.17. The van der Waals surface area contributed by atoms with Crippen molar-refractivity contribution in [1.82, 2.24) is 4.90 Å². The first-order valence-corrected chi connectivity index (χ1v) is 7.17. The Hall–Kier alpha value is -1.36. The Morgan fingerprint density at radius 2 is 2.20 bits per heavy atom. The molecule has 1 aliphatic rings. The van der Waals surface area contributed by atoms with Crippen LogP contribution < -0.4 is 10.5 Å². The fourth-order valence-electron chi connectivity index (χ4n) is 2.61. The standard InChI is InChI=1S/C16H24N2O2/c1-20-16-5-3-2-4-15(16)13-7-10-18(11-8-13)12-14(19)6-9-17/h2-5,7,14,19H,6,8-12,17H2,1H3. The molecule has 1 atom stereocenters. The third-order valence-corrected chi connectivity index (χ3v) is 3.72. The fourth-order valence-corrected chi connectivity index (χ4v) is 2.61. The van der Waals surface area contributed by atoms with Gasteiger partial charge in [0, 0.05) is 25.2 Å². The highest BCUT2D eigenvalue weighted by molar-refractivity contribution is 5.71. The van der Waals surface area contributed by atoms with Gasteiger partial charge in [0.1, 0.15) is 5.75 Å². The van der Waals surface area contributed by atoms with Crippen LogP contribution in [0.4, 0.5) is 0 Å². The van der Waals surface area contributed by atoms with Crippen LogP contribution in [0.25, 0.3) is 5.57 Å². The highest BCUT2D eigenvalue weighted by Gasteiger charge is 2.17.